The smallest absolute Gasteiger partial charge is 0.232 e. The summed E-state index contributed by atoms with van der Waals surface area (Å²) in [5.74, 6) is -0.275. The van der Waals surface area contributed by atoms with Gasteiger partial charge >= 0.3 is 0 Å². The summed E-state index contributed by atoms with van der Waals surface area (Å²) in [5, 5.41) is 15.6. The maximum atomic E-state index is 12.2. The van der Waals surface area contributed by atoms with Gasteiger partial charge in [-0.25, -0.2) is 4.98 Å². The molecule has 0 spiro atoms. The number of aromatic hydroxyl groups is 1. The highest BCUT2D eigenvalue weighted by molar-refractivity contribution is 5.93. The second-order valence-corrected chi connectivity index (χ2v) is 4.62. The van der Waals surface area contributed by atoms with E-state index in [-0.39, 0.29) is 29.4 Å². The first kappa shape index (κ1) is 13.8. The Hall–Kier alpha value is -1.66. The van der Waals surface area contributed by atoms with Crippen LogP contribution < -0.4 is 10.6 Å². The number of aromatic nitrogens is 1. The van der Waals surface area contributed by atoms with Gasteiger partial charge in [0.2, 0.25) is 5.91 Å². The number of anilines is 1. The number of amides is 1. The first-order valence-electron chi connectivity index (χ1n) is 6.40. The molecular formula is C13H19N3O3. The molecule has 2 heterocycles. The highest BCUT2D eigenvalue weighted by Crippen LogP contribution is 2.22. The number of hydrogen-bond acceptors (Lipinski definition) is 5. The van der Waals surface area contributed by atoms with Gasteiger partial charge in [-0.3, -0.25) is 4.79 Å². The molecule has 2 unspecified atom stereocenters. The van der Waals surface area contributed by atoms with Crippen LogP contribution in [0.2, 0.25) is 0 Å². The molecule has 6 nitrogen and oxygen atoms in total. The number of ether oxygens (including phenoxy) is 1. The summed E-state index contributed by atoms with van der Waals surface area (Å²) < 4.78 is 5.33. The second kappa shape index (κ2) is 5.99. The number of carbonyl (C=O) groups excluding carboxylic acids is 1. The van der Waals surface area contributed by atoms with Crippen LogP contribution in [-0.4, -0.2) is 41.8 Å². The van der Waals surface area contributed by atoms with Crippen LogP contribution in [0.1, 0.15) is 12.6 Å². The van der Waals surface area contributed by atoms with E-state index in [2.05, 4.69) is 15.6 Å². The van der Waals surface area contributed by atoms with E-state index in [1.54, 1.807) is 13.0 Å². The predicted molar refractivity (Wildman–Crippen MR) is 71.0 cm³/mol. The van der Waals surface area contributed by atoms with Crippen LogP contribution in [0.3, 0.4) is 0 Å². The predicted octanol–water partition coefficient (Wildman–Crippen LogP) is 0.659. The lowest BCUT2D eigenvalue weighted by Crippen LogP contribution is -2.41. The van der Waals surface area contributed by atoms with Gasteiger partial charge in [0, 0.05) is 11.7 Å². The number of hydrogen-bond donors (Lipinski definition) is 3. The number of aryl methyl sites for hydroxylation is 1. The molecular weight excluding hydrogens is 246 g/mol. The lowest BCUT2D eigenvalue weighted by atomic mass is 10.0. The molecule has 104 valence electrons. The zero-order valence-electron chi connectivity index (χ0n) is 11.1. The average molecular weight is 265 g/mol. The van der Waals surface area contributed by atoms with Crippen LogP contribution in [0, 0.1) is 12.8 Å². The minimum absolute atomic E-state index is 0.0111. The topological polar surface area (TPSA) is 83.5 Å². The number of pyridine rings is 1. The molecule has 0 saturated carbocycles. The third kappa shape index (κ3) is 3.21. The SMILES string of the molecule is CCNC1COCC1C(=O)Nc1nc(C)ccc1O. The van der Waals surface area contributed by atoms with Gasteiger partial charge in [0.1, 0.15) is 0 Å². The molecule has 1 amide bonds. The molecule has 2 atom stereocenters. The largest absolute Gasteiger partial charge is 0.504 e. The standard InChI is InChI=1S/C13H19N3O3/c1-3-14-10-7-19-6-9(10)13(18)16-12-11(17)5-4-8(2)15-12/h4-5,9-10,14,17H,3,6-7H2,1-2H3,(H,15,16,18). The Morgan fingerprint density at radius 2 is 2.32 bits per heavy atom. The third-order valence-electron chi connectivity index (χ3n) is 3.14. The van der Waals surface area contributed by atoms with E-state index in [9.17, 15) is 9.90 Å². The maximum Gasteiger partial charge on any atom is 0.232 e. The fourth-order valence-corrected chi connectivity index (χ4v) is 2.13. The van der Waals surface area contributed by atoms with Crippen molar-refractivity contribution in [2.24, 2.45) is 5.92 Å². The van der Waals surface area contributed by atoms with Crippen molar-refractivity contribution >= 4 is 11.7 Å². The normalized spacial score (nSPS) is 22.4. The van der Waals surface area contributed by atoms with Crippen LogP contribution in [0.5, 0.6) is 5.75 Å². The molecule has 1 fully saturated rings. The van der Waals surface area contributed by atoms with Gasteiger partial charge < -0.3 is 20.5 Å². The van der Waals surface area contributed by atoms with Crippen molar-refractivity contribution in [2.45, 2.75) is 19.9 Å². The van der Waals surface area contributed by atoms with E-state index in [1.807, 2.05) is 6.92 Å². The first-order chi connectivity index (χ1) is 9.11. The molecule has 0 bridgehead atoms. The molecule has 0 radical (unpaired) electrons. The fraction of sp³-hybridized carbons (Fsp3) is 0.538. The van der Waals surface area contributed by atoms with E-state index < -0.39 is 0 Å². The van der Waals surface area contributed by atoms with Crippen molar-refractivity contribution in [3.8, 4) is 5.75 Å². The number of carbonyl (C=O) groups is 1. The Bertz CT molecular complexity index is 464. The van der Waals surface area contributed by atoms with Crippen molar-refractivity contribution in [3.63, 3.8) is 0 Å². The second-order valence-electron chi connectivity index (χ2n) is 4.62. The number of nitrogens with one attached hydrogen (secondary N) is 2. The Balaban J connectivity index is 2.06. The molecule has 1 aromatic rings. The molecule has 3 N–H and O–H groups in total. The number of rotatable bonds is 4. The van der Waals surface area contributed by atoms with Crippen molar-refractivity contribution in [1.29, 1.82) is 0 Å². The molecule has 1 saturated heterocycles. The van der Waals surface area contributed by atoms with Gasteiger partial charge in [-0.05, 0) is 25.6 Å². The summed E-state index contributed by atoms with van der Waals surface area (Å²) in [4.78, 5) is 16.3. The Morgan fingerprint density at radius 3 is 3.05 bits per heavy atom. The Kier molecular flexibility index (Phi) is 4.34. The zero-order valence-corrected chi connectivity index (χ0v) is 11.1. The van der Waals surface area contributed by atoms with E-state index in [0.29, 0.717) is 13.2 Å². The number of likely N-dealkylation sites (N-methyl/N-ethyl adjacent to an activating group) is 1. The van der Waals surface area contributed by atoms with Crippen LogP contribution in [0.25, 0.3) is 0 Å². The summed E-state index contributed by atoms with van der Waals surface area (Å²) >= 11 is 0. The van der Waals surface area contributed by atoms with Crippen LogP contribution in [-0.2, 0) is 9.53 Å². The highest BCUT2D eigenvalue weighted by atomic mass is 16.5. The van der Waals surface area contributed by atoms with Crippen LogP contribution in [0.15, 0.2) is 12.1 Å². The quantitative estimate of drug-likeness (QED) is 0.745. The zero-order chi connectivity index (χ0) is 13.8. The summed E-state index contributed by atoms with van der Waals surface area (Å²) in [6.07, 6.45) is 0. The molecule has 0 aliphatic carbocycles. The van der Waals surface area contributed by atoms with Crippen molar-refractivity contribution < 1.29 is 14.6 Å². The average Bonchev–Trinajstić information content (AvgIpc) is 2.82. The molecule has 6 heteroatoms. The lowest BCUT2D eigenvalue weighted by Gasteiger charge is -2.17. The number of nitrogens with zero attached hydrogens (tertiary/aromatic N) is 1. The van der Waals surface area contributed by atoms with Crippen molar-refractivity contribution in [3.05, 3.63) is 17.8 Å². The third-order valence-corrected chi connectivity index (χ3v) is 3.14. The van der Waals surface area contributed by atoms with E-state index in [1.165, 1.54) is 6.07 Å². The van der Waals surface area contributed by atoms with Crippen LogP contribution >= 0.6 is 0 Å². The monoisotopic (exact) mass is 265 g/mol. The van der Waals surface area contributed by atoms with E-state index in [0.717, 1.165) is 12.2 Å². The Labute approximate surface area is 112 Å². The van der Waals surface area contributed by atoms with E-state index >= 15 is 0 Å². The molecule has 1 aromatic heterocycles. The summed E-state index contributed by atoms with van der Waals surface area (Å²) in [6, 6.07) is 3.22. The van der Waals surface area contributed by atoms with Crippen LogP contribution in [0.4, 0.5) is 5.82 Å². The summed E-state index contributed by atoms with van der Waals surface area (Å²) in [5.41, 5.74) is 0.735. The minimum atomic E-state index is -0.262. The van der Waals surface area contributed by atoms with Gasteiger partial charge in [0.05, 0.1) is 19.1 Å². The highest BCUT2D eigenvalue weighted by Gasteiger charge is 2.33. The van der Waals surface area contributed by atoms with Gasteiger partial charge in [-0.15, -0.1) is 0 Å². The fourth-order valence-electron chi connectivity index (χ4n) is 2.13. The van der Waals surface area contributed by atoms with Gasteiger partial charge in [0.15, 0.2) is 11.6 Å². The van der Waals surface area contributed by atoms with Crippen molar-refractivity contribution in [2.75, 3.05) is 25.1 Å². The van der Waals surface area contributed by atoms with Gasteiger partial charge in [-0.2, -0.15) is 0 Å². The molecule has 1 aliphatic heterocycles. The molecule has 1 aliphatic rings. The Morgan fingerprint density at radius 1 is 1.53 bits per heavy atom. The van der Waals surface area contributed by atoms with Gasteiger partial charge in [-0.1, -0.05) is 6.92 Å². The minimum Gasteiger partial charge on any atom is -0.504 e. The summed E-state index contributed by atoms with van der Waals surface area (Å²) in [6.45, 7) is 5.48. The van der Waals surface area contributed by atoms with Gasteiger partial charge in [0.25, 0.3) is 0 Å². The molecule has 0 aromatic carbocycles. The summed E-state index contributed by atoms with van der Waals surface area (Å²) in [7, 11) is 0. The first-order valence-corrected chi connectivity index (χ1v) is 6.40. The maximum absolute atomic E-state index is 12.2. The van der Waals surface area contributed by atoms with E-state index in [4.69, 9.17) is 4.74 Å². The lowest BCUT2D eigenvalue weighted by molar-refractivity contribution is -0.120. The van der Waals surface area contributed by atoms with Crippen molar-refractivity contribution in [1.82, 2.24) is 10.3 Å². The molecule has 19 heavy (non-hydrogen) atoms. The molecule has 2 rings (SSSR count).